The number of hydrogen-bond donors (Lipinski definition) is 0. The van der Waals surface area contributed by atoms with Crippen molar-refractivity contribution in [1.29, 1.82) is 0 Å². The molecule has 0 saturated heterocycles. The van der Waals surface area contributed by atoms with Crippen LogP contribution >= 0.6 is 11.6 Å². The Morgan fingerprint density at radius 1 is 1.00 bits per heavy atom. The van der Waals surface area contributed by atoms with E-state index in [1.807, 2.05) is 60.9 Å². The summed E-state index contributed by atoms with van der Waals surface area (Å²) in [5.74, 6) is 0. The van der Waals surface area contributed by atoms with Crippen LogP contribution in [0.1, 0.15) is 18.2 Å². The molecule has 0 unspecified atom stereocenters. The zero-order valence-electron chi connectivity index (χ0n) is 12.4. The van der Waals surface area contributed by atoms with Gasteiger partial charge in [0.05, 0.1) is 17.6 Å². The lowest BCUT2D eigenvalue weighted by atomic mass is 10.1. The minimum absolute atomic E-state index is 0.738. The fourth-order valence-electron chi connectivity index (χ4n) is 2.29. The molecule has 0 amide bonds. The van der Waals surface area contributed by atoms with Gasteiger partial charge in [-0.05, 0) is 60.5 Å². The van der Waals surface area contributed by atoms with E-state index in [0.717, 1.165) is 28.5 Å². The first-order valence-electron chi connectivity index (χ1n) is 7.32. The standard InChI is InChI=1S/C19H17ClN2/c1-2-15-5-9-17(10-6-15)21-14-19-4-3-13-22(19)18-11-7-16(20)8-12-18/h3-14H,2H2,1H3. The maximum Gasteiger partial charge on any atom is 0.0639 e. The van der Waals surface area contributed by atoms with Gasteiger partial charge in [-0.1, -0.05) is 30.7 Å². The van der Waals surface area contributed by atoms with Gasteiger partial charge in [-0.25, -0.2) is 0 Å². The molecule has 1 aromatic heterocycles. The first-order valence-corrected chi connectivity index (χ1v) is 7.70. The SMILES string of the molecule is CCc1ccc(N=Cc2cccn2-c2ccc(Cl)cc2)cc1. The van der Waals surface area contributed by atoms with Crippen molar-refractivity contribution in [3.63, 3.8) is 0 Å². The van der Waals surface area contributed by atoms with Gasteiger partial charge in [0.15, 0.2) is 0 Å². The van der Waals surface area contributed by atoms with E-state index in [0.29, 0.717) is 0 Å². The lowest BCUT2D eigenvalue weighted by Gasteiger charge is -2.06. The van der Waals surface area contributed by atoms with E-state index in [1.165, 1.54) is 5.56 Å². The van der Waals surface area contributed by atoms with E-state index in [9.17, 15) is 0 Å². The van der Waals surface area contributed by atoms with Crippen LogP contribution in [0.25, 0.3) is 5.69 Å². The second kappa shape index (κ2) is 6.63. The van der Waals surface area contributed by atoms with E-state index in [1.54, 1.807) is 0 Å². The minimum atomic E-state index is 0.738. The molecule has 0 aliphatic carbocycles. The summed E-state index contributed by atoms with van der Waals surface area (Å²) >= 11 is 5.94. The van der Waals surface area contributed by atoms with Crippen LogP contribution in [0.3, 0.4) is 0 Å². The molecule has 0 aliphatic heterocycles. The van der Waals surface area contributed by atoms with Crippen molar-refractivity contribution in [2.45, 2.75) is 13.3 Å². The Balaban J connectivity index is 1.85. The van der Waals surface area contributed by atoms with Crippen molar-refractivity contribution in [3.05, 3.63) is 83.1 Å². The third-order valence-electron chi connectivity index (χ3n) is 3.58. The molecule has 1 heterocycles. The summed E-state index contributed by atoms with van der Waals surface area (Å²) in [5.41, 5.74) is 4.38. The third kappa shape index (κ3) is 3.29. The molecule has 0 fully saturated rings. The summed E-state index contributed by atoms with van der Waals surface area (Å²) in [4.78, 5) is 4.56. The monoisotopic (exact) mass is 308 g/mol. The number of aliphatic imine (C=N–C) groups is 1. The van der Waals surface area contributed by atoms with E-state index in [-0.39, 0.29) is 0 Å². The van der Waals surface area contributed by atoms with Crippen LogP contribution in [0.2, 0.25) is 5.02 Å². The molecule has 3 rings (SSSR count). The van der Waals surface area contributed by atoms with Crippen LogP contribution < -0.4 is 0 Å². The van der Waals surface area contributed by atoms with Gasteiger partial charge in [-0.2, -0.15) is 0 Å². The summed E-state index contributed by atoms with van der Waals surface area (Å²) in [6, 6.07) is 20.1. The van der Waals surface area contributed by atoms with Gasteiger partial charge < -0.3 is 4.57 Å². The van der Waals surface area contributed by atoms with Crippen LogP contribution in [0.4, 0.5) is 5.69 Å². The van der Waals surface area contributed by atoms with Crippen LogP contribution in [-0.2, 0) is 6.42 Å². The van der Waals surface area contributed by atoms with Crippen molar-refractivity contribution in [2.24, 2.45) is 4.99 Å². The largest absolute Gasteiger partial charge is 0.316 e. The number of rotatable bonds is 4. The molecular weight excluding hydrogens is 292 g/mol. The summed E-state index contributed by atoms with van der Waals surface area (Å²) in [5, 5.41) is 0.738. The fraction of sp³-hybridized carbons (Fsp3) is 0.105. The molecule has 3 heteroatoms. The summed E-state index contributed by atoms with van der Waals surface area (Å²) in [6.45, 7) is 2.15. The molecule has 0 aliphatic rings. The predicted octanol–water partition coefficient (Wildman–Crippen LogP) is 5.44. The number of benzene rings is 2. The highest BCUT2D eigenvalue weighted by molar-refractivity contribution is 6.30. The molecular formula is C19H17ClN2. The van der Waals surface area contributed by atoms with Gasteiger partial charge in [0.1, 0.15) is 0 Å². The number of nitrogens with zero attached hydrogens (tertiary/aromatic N) is 2. The number of aryl methyl sites for hydroxylation is 1. The van der Waals surface area contributed by atoms with Crippen molar-refractivity contribution in [1.82, 2.24) is 4.57 Å². The third-order valence-corrected chi connectivity index (χ3v) is 3.83. The Labute approximate surface area is 135 Å². The Bertz CT molecular complexity index is 768. The highest BCUT2D eigenvalue weighted by Crippen LogP contribution is 2.17. The highest BCUT2D eigenvalue weighted by atomic mass is 35.5. The molecule has 0 atom stereocenters. The summed E-state index contributed by atoms with van der Waals surface area (Å²) < 4.78 is 2.08. The maximum absolute atomic E-state index is 5.94. The molecule has 0 spiro atoms. The van der Waals surface area contributed by atoms with Crippen LogP contribution in [0, 0.1) is 0 Å². The van der Waals surface area contributed by atoms with E-state index >= 15 is 0 Å². The maximum atomic E-state index is 5.94. The smallest absolute Gasteiger partial charge is 0.0639 e. The second-order valence-electron chi connectivity index (χ2n) is 5.06. The normalized spacial score (nSPS) is 11.2. The molecule has 0 radical (unpaired) electrons. The van der Waals surface area contributed by atoms with Gasteiger partial charge in [-0.15, -0.1) is 0 Å². The Morgan fingerprint density at radius 3 is 2.41 bits per heavy atom. The van der Waals surface area contributed by atoms with Gasteiger partial charge >= 0.3 is 0 Å². The quantitative estimate of drug-likeness (QED) is 0.571. The van der Waals surface area contributed by atoms with Gasteiger partial charge in [0.2, 0.25) is 0 Å². The zero-order chi connectivity index (χ0) is 15.4. The van der Waals surface area contributed by atoms with Crippen molar-refractivity contribution < 1.29 is 0 Å². The van der Waals surface area contributed by atoms with Crippen molar-refractivity contribution in [3.8, 4) is 5.69 Å². The molecule has 0 saturated carbocycles. The fourth-order valence-corrected chi connectivity index (χ4v) is 2.42. The molecule has 3 aromatic rings. The lowest BCUT2D eigenvalue weighted by molar-refractivity contribution is 1.07. The molecule has 0 bridgehead atoms. The highest BCUT2D eigenvalue weighted by Gasteiger charge is 2.01. The average Bonchev–Trinajstić information content (AvgIpc) is 3.02. The lowest BCUT2D eigenvalue weighted by Crippen LogP contribution is -1.97. The van der Waals surface area contributed by atoms with E-state index in [4.69, 9.17) is 11.6 Å². The van der Waals surface area contributed by atoms with Crippen molar-refractivity contribution in [2.75, 3.05) is 0 Å². The molecule has 2 nitrogen and oxygen atoms in total. The molecule has 22 heavy (non-hydrogen) atoms. The number of hydrogen-bond acceptors (Lipinski definition) is 1. The Kier molecular flexibility index (Phi) is 4.40. The van der Waals surface area contributed by atoms with Crippen LogP contribution in [-0.4, -0.2) is 10.8 Å². The first kappa shape index (κ1) is 14.6. The Hall–Kier alpha value is -2.32. The van der Waals surface area contributed by atoms with Gasteiger partial charge in [0, 0.05) is 16.9 Å². The Morgan fingerprint density at radius 2 is 1.73 bits per heavy atom. The average molecular weight is 309 g/mol. The van der Waals surface area contributed by atoms with E-state index < -0.39 is 0 Å². The van der Waals surface area contributed by atoms with Crippen LogP contribution in [0.5, 0.6) is 0 Å². The zero-order valence-corrected chi connectivity index (χ0v) is 13.2. The molecule has 0 N–H and O–H groups in total. The number of aromatic nitrogens is 1. The van der Waals surface area contributed by atoms with E-state index in [2.05, 4.69) is 28.6 Å². The topological polar surface area (TPSA) is 17.3 Å². The predicted molar refractivity (Wildman–Crippen MR) is 93.9 cm³/mol. The first-order chi connectivity index (χ1) is 10.8. The summed E-state index contributed by atoms with van der Waals surface area (Å²) in [7, 11) is 0. The molecule has 2 aromatic carbocycles. The number of halogens is 1. The van der Waals surface area contributed by atoms with Gasteiger partial charge in [0.25, 0.3) is 0 Å². The summed E-state index contributed by atoms with van der Waals surface area (Å²) in [6.07, 6.45) is 4.95. The second-order valence-corrected chi connectivity index (χ2v) is 5.49. The minimum Gasteiger partial charge on any atom is -0.316 e. The molecule has 110 valence electrons. The van der Waals surface area contributed by atoms with Crippen molar-refractivity contribution >= 4 is 23.5 Å². The van der Waals surface area contributed by atoms with Gasteiger partial charge in [-0.3, -0.25) is 4.99 Å². The van der Waals surface area contributed by atoms with Crippen LogP contribution in [0.15, 0.2) is 71.9 Å².